The van der Waals surface area contributed by atoms with Crippen LogP contribution in [0.5, 0.6) is 0 Å². The summed E-state index contributed by atoms with van der Waals surface area (Å²) in [6.45, 7) is 6.21. The number of halogens is 1. The molecule has 0 spiro atoms. The van der Waals surface area contributed by atoms with Gasteiger partial charge in [-0.3, -0.25) is 0 Å². The van der Waals surface area contributed by atoms with Gasteiger partial charge in [-0.2, -0.15) is 5.26 Å². The summed E-state index contributed by atoms with van der Waals surface area (Å²) < 4.78 is 0. The molecule has 0 aliphatic carbocycles. The maximum absolute atomic E-state index is 9.36. The average Bonchev–Trinajstić information content (AvgIpc) is 2.37. The number of benzene rings is 1. The Balaban J connectivity index is 2.80. The van der Waals surface area contributed by atoms with Crippen molar-refractivity contribution in [1.82, 2.24) is 4.98 Å². The quantitative estimate of drug-likeness (QED) is 0.741. The number of pyridine rings is 1. The maximum Gasteiger partial charge on any atom is 0.147 e. The second-order valence-corrected chi connectivity index (χ2v) is 5.25. The number of rotatable bonds is 2. The first-order valence-electron chi connectivity index (χ1n) is 6.20. The minimum absolute atomic E-state index is 0.267. The van der Waals surface area contributed by atoms with Crippen molar-refractivity contribution in [2.75, 3.05) is 0 Å². The van der Waals surface area contributed by atoms with Gasteiger partial charge in [-0.15, -0.1) is 0 Å². The summed E-state index contributed by atoms with van der Waals surface area (Å²) in [7, 11) is 0. The first-order chi connectivity index (χ1) is 9.04. The van der Waals surface area contributed by atoms with Gasteiger partial charge in [0.25, 0.3) is 0 Å². The molecule has 0 amide bonds. The monoisotopic (exact) mass is 270 g/mol. The van der Waals surface area contributed by atoms with Crippen molar-refractivity contribution in [3.05, 3.63) is 52.3 Å². The van der Waals surface area contributed by atoms with E-state index in [1.54, 1.807) is 6.20 Å². The van der Waals surface area contributed by atoms with Gasteiger partial charge in [0.1, 0.15) is 11.2 Å². The zero-order valence-electron chi connectivity index (χ0n) is 11.2. The molecule has 1 aromatic heterocycles. The van der Waals surface area contributed by atoms with Crippen molar-refractivity contribution in [1.29, 1.82) is 5.26 Å². The zero-order valence-corrected chi connectivity index (χ0v) is 12.0. The number of nitrogens with zero attached hydrogens (tertiary/aromatic N) is 2. The van der Waals surface area contributed by atoms with Crippen molar-refractivity contribution in [3.8, 4) is 17.2 Å². The Kier molecular flexibility index (Phi) is 3.87. The van der Waals surface area contributed by atoms with Crippen LogP contribution in [0.4, 0.5) is 0 Å². The molecule has 0 N–H and O–H groups in total. The van der Waals surface area contributed by atoms with Crippen LogP contribution in [0.15, 0.2) is 30.5 Å². The predicted octanol–water partition coefficient (Wildman–Crippen LogP) is 4.71. The number of nitriles is 1. The van der Waals surface area contributed by atoms with Crippen molar-refractivity contribution in [2.24, 2.45) is 0 Å². The molecule has 19 heavy (non-hydrogen) atoms. The Bertz CT molecular complexity index is 654. The highest BCUT2D eigenvalue weighted by atomic mass is 35.5. The summed E-state index contributed by atoms with van der Waals surface area (Å²) in [5.74, 6) is 0.285. The SMILES string of the molecule is Cc1cccc(-c2c(C(C)C)cnc(Cl)c2C#N)c1. The molecule has 2 rings (SSSR count). The molecule has 3 heteroatoms. The highest BCUT2D eigenvalue weighted by Gasteiger charge is 2.17. The maximum atomic E-state index is 9.36. The molecule has 0 fully saturated rings. The van der Waals surface area contributed by atoms with E-state index in [9.17, 15) is 5.26 Å². The minimum Gasteiger partial charge on any atom is -0.243 e. The van der Waals surface area contributed by atoms with Gasteiger partial charge in [-0.1, -0.05) is 55.3 Å². The van der Waals surface area contributed by atoms with E-state index in [0.717, 1.165) is 22.3 Å². The third-order valence-electron chi connectivity index (χ3n) is 3.10. The first-order valence-corrected chi connectivity index (χ1v) is 6.58. The molecule has 0 bridgehead atoms. The lowest BCUT2D eigenvalue weighted by Gasteiger charge is -2.15. The number of aryl methyl sites for hydroxylation is 1. The molecule has 2 nitrogen and oxygen atoms in total. The molecule has 1 heterocycles. The van der Waals surface area contributed by atoms with E-state index in [0.29, 0.717) is 5.56 Å². The van der Waals surface area contributed by atoms with Crippen LogP contribution in [0.2, 0.25) is 5.15 Å². The smallest absolute Gasteiger partial charge is 0.147 e. The third-order valence-corrected chi connectivity index (χ3v) is 3.39. The van der Waals surface area contributed by atoms with Gasteiger partial charge >= 0.3 is 0 Å². The van der Waals surface area contributed by atoms with Gasteiger partial charge in [-0.25, -0.2) is 4.98 Å². The van der Waals surface area contributed by atoms with Gasteiger partial charge < -0.3 is 0 Å². The highest BCUT2D eigenvalue weighted by molar-refractivity contribution is 6.31. The molecule has 0 saturated heterocycles. The van der Waals surface area contributed by atoms with Crippen LogP contribution in [-0.2, 0) is 0 Å². The molecule has 0 saturated carbocycles. The first kappa shape index (κ1) is 13.6. The Morgan fingerprint density at radius 1 is 1.32 bits per heavy atom. The Morgan fingerprint density at radius 3 is 2.63 bits per heavy atom. The minimum atomic E-state index is 0.267. The molecule has 0 aliphatic rings. The molecule has 0 unspecified atom stereocenters. The van der Waals surface area contributed by atoms with Gasteiger partial charge in [0, 0.05) is 11.8 Å². The van der Waals surface area contributed by atoms with Crippen molar-refractivity contribution in [2.45, 2.75) is 26.7 Å². The van der Waals surface area contributed by atoms with Gasteiger partial charge in [0.05, 0.1) is 5.56 Å². The topological polar surface area (TPSA) is 36.7 Å². The molecular weight excluding hydrogens is 256 g/mol. The summed E-state index contributed by atoms with van der Waals surface area (Å²) in [6, 6.07) is 10.3. The summed E-state index contributed by atoms with van der Waals surface area (Å²) in [6.07, 6.45) is 1.77. The molecular formula is C16H15ClN2. The van der Waals surface area contributed by atoms with E-state index in [-0.39, 0.29) is 11.1 Å². The number of aromatic nitrogens is 1. The lowest BCUT2D eigenvalue weighted by molar-refractivity contribution is 0.860. The van der Waals surface area contributed by atoms with Crippen LogP contribution >= 0.6 is 11.6 Å². The molecule has 0 atom stereocenters. The third kappa shape index (κ3) is 2.62. The molecule has 0 aliphatic heterocycles. The summed E-state index contributed by atoms with van der Waals surface area (Å²) in [5, 5.41) is 9.63. The van der Waals surface area contributed by atoms with Crippen molar-refractivity contribution in [3.63, 3.8) is 0 Å². The summed E-state index contributed by atoms with van der Waals surface area (Å²) >= 11 is 6.06. The Morgan fingerprint density at radius 2 is 2.05 bits per heavy atom. The standard InChI is InChI=1S/C16H15ClN2/c1-10(2)14-9-19-16(17)13(8-18)15(14)12-6-4-5-11(3)7-12/h4-7,9-10H,1-3H3. The van der Waals surface area contributed by atoms with Crippen LogP contribution in [0, 0.1) is 18.3 Å². The van der Waals surface area contributed by atoms with Gasteiger partial charge in [-0.05, 0) is 24.0 Å². The van der Waals surface area contributed by atoms with Gasteiger partial charge in [0.2, 0.25) is 0 Å². The zero-order chi connectivity index (χ0) is 14.0. The van der Waals surface area contributed by atoms with E-state index in [4.69, 9.17) is 11.6 Å². The average molecular weight is 271 g/mol. The fourth-order valence-electron chi connectivity index (χ4n) is 2.15. The van der Waals surface area contributed by atoms with E-state index in [2.05, 4.69) is 31.0 Å². The van der Waals surface area contributed by atoms with Crippen LogP contribution in [-0.4, -0.2) is 4.98 Å². The Labute approximate surface area is 118 Å². The lowest BCUT2D eigenvalue weighted by atomic mass is 9.91. The molecule has 96 valence electrons. The fraction of sp³-hybridized carbons (Fsp3) is 0.250. The Hall–Kier alpha value is -1.85. The van der Waals surface area contributed by atoms with Crippen LogP contribution < -0.4 is 0 Å². The normalized spacial score (nSPS) is 10.5. The second-order valence-electron chi connectivity index (χ2n) is 4.89. The fourth-order valence-corrected chi connectivity index (χ4v) is 2.34. The van der Waals surface area contributed by atoms with Gasteiger partial charge in [0.15, 0.2) is 0 Å². The predicted molar refractivity (Wildman–Crippen MR) is 78.2 cm³/mol. The molecule has 0 radical (unpaired) electrons. The second kappa shape index (κ2) is 5.42. The van der Waals surface area contributed by atoms with Crippen molar-refractivity contribution < 1.29 is 0 Å². The summed E-state index contributed by atoms with van der Waals surface area (Å²) in [4.78, 5) is 4.12. The lowest BCUT2D eigenvalue weighted by Crippen LogP contribution is -1.99. The number of hydrogen-bond donors (Lipinski definition) is 0. The van der Waals surface area contributed by atoms with E-state index in [1.807, 2.05) is 25.1 Å². The van der Waals surface area contributed by atoms with Crippen LogP contribution in [0.1, 0.15) is 36.5 Å². The van der Waals surface area contributed by atoms with E-state index >= 15 is 0 Å². The van der Waals surface area contributed by atoms with Crippen molar-refractivity contribution >= 4 is 11.6 Å². The van der Waals surface area contributed by atoms with Crippen LogP contribution in [0.25, 0.3) is 11.1 Å². The highest BCUT2D eigenvalue weighted by Crippen LogP contribution is 2.34. The van der Waals surface area contributed by atoms with E-state index < -0.39 is 0 Å². The van der Waals surface area contributed by atoms with Crippen LogP contribution in [0.3, 0.4) is 0 Å². The summed E-state index contributed by atoms with van der Waals surface area (Å²) in [5.41, 5.74) is 4.58. The molecule has 1 aromatic carbocycles. The number of hydrogen-bond acceptors (Lipinski definition) is 2. The molecule has 2 aromatic rings. The largest absolute Gasteiger partial charge is 0.243 e. The van der Waals surface area contributed by atoms with E-state index in [1.165, 1.54) is 0 Å².